The molecule has 3 aromatic carbocycles. The highest BCUT2D eigenvalue weighted by Gasteiger charge is 2.26. The Labute approximate surface area is 239 Å². The molecule has 0 aliphatic rings. The van der Waals surface area contributed by atoms with Crippen molar-refractivity contribution in [1.82, 2.24) is 5.32 Å². The van der Waals surface area contributed by atoms with Crippen molar-refractivity contribution in [3.05, 3.63) is 77.9 Å². The van der Waals surface area contributed by atoms with Crippen molar-refractivity contribution in [2.24, 2.45) is 0 Å². The molecule has 1 amide bonds. The minimum absolute atomic E-state index is 0.0308. The lowest BCUT2D eigenvalue weighted by Crippen LogP contribution is -2.33. The highest BCUT2D eigenvalue weighted by atomic mass is 32.1. The molecule has 0 heterocycles. The molecule has 3 aromatic rings. The predicted molar refractivity (Wildman–Crippen MR) is 169 cm³/mol. The van der Waals surface area contributed by atoms with Gasteiger partial charge in [0.25, 0.3) is 5.91 Å². The summed E-state index contributed by atoms with van der Waals surface area (Å²) in [5.74, 6) is 0.600. The van der Waals surface area contributed by atoms with E-state index in [-0.39, 0.29) is 16.7 Å². The molecule has 1 unspecified atom stereocenters. The third kappa shape index (κ3) is 8.30. The van der Waals surface area contributed by atoms with Crippen LogP contribution in [0.25, 0.3) is 11.1 Å². The maximum Gasteiger partial charge on any atom is 0.265 e. The summed E-state index contributed by atoms with van der Waals surface area (Å²) in [5.41, 5.74) is 6.02. The molecule has 3 N–H and O–H groups in total. The lowest BCUT2D eigenvalue weighted by atomic mass is 9.80. The molecule has 39 heavy (non-hydrogen) atoms. The van der Waals surface area contributed by atoms with Crippen molar-refractivity contribution >= 4 is 34.6 Å². The molecule has 3 rings (SSSR count). The molecular formula is C33H43N3O2S. The van der Waals surface area contributed by atoms with Crippen molar-refractivity contribution in [1.29, 1.82) is 0 Å². The van der Waals surface area contributed by atoms with Gasteiger partial charge in [-0.1, -0.05) is 84.9 Å². The van der Waals surface area contributed by atoms with Gasteiger partial charge in [-0.2, -0.15) is 0 Å². The fraction of sp³-hybridized carbons (Fsp3) is 0.394. The van der Waals surface area contributed by atoms with E-state index in [1.54, 1.807) is 0 Å². The normalized spacial score (nSPS) is 12.4. The Hall–Kier alpha value is -3.38. The van der Waals surface area contributed by atoms with Crippen molar-refractivity contribution in [2.75, 3.05) is 17.2 Å². The Morgan fingerprint density at radius 2 is 1.51 bits per heavy atom. The largest absolute Gasteiger partial charge is 0.480 e. The number of nitrogens with one attached hydrogen (secondary N) is 3. The van der Waals surface area contributed by atoms with Gasteiger partial charge in [0.05, 0.1) is 0 Å². The van der Waals surface area contributed by atoms with Crippen molar-refractivity contribution in [3.8, 4) is 16.9 Å². The zero-order valence-electron chi connectivity index (χ0n) is 24.6. The van der Waals surface area contributed by atoms with Crippen LogP contribution in [-0.4, -0.2) is 23.7 Å². The van der Waals surface area contributed by atoms with E-state index in [0.29, 0.717) is 11.5 Å². The smallest absolute Gasteiger partial charge is 0.265 e. The molecule has 0 saturated carbocycles. The van der Waals surface area contributed by atoms with Gasteiger partial charge < -0.3 is 20.7 Å². The fourth-order valence-electron chi connectivity index (χ4n) is 4.24. The van der Waals surface area contributed by atoms with Crippen LogP contribution >= 0.6 is 12.2 Å². The summed E-state index contributed by atoms with van der Waals surface area (Å²) in [6.45, 7) is 17.9. The maximum absolute atomic E-state index is 13.2. The van der Waals surface area contributed by atoms with Crippen molar-refractivity contribution in [2.45, 2.75) is 78.7 Å². The van der Waals surface area contributed by atoms with E-state index in [1.807, 2.05) is 62.4 Å². The quantitative estimate of drug-likeness (QED) is 0.250. The molecule has 0 radical (unpaired) electrons. The SMILES string of the molecule is CCNC(=S)Nc1cccc(-c2ccc(NC(=O)C(CC)Oc3ccc(C(C)(C)C)cc3C(C)(C)C)cc2)c1. The molecule has 208 valence electrons. The Kier molecular flexibility index (Phi) is 9.78. The summed E-state index contributed by atoms with van der Waals surface area (Å²) in [6.07, 6.45) is -0.0436. The monoisotopic (exact) mass is 545 g/mol. The first-order chi connectivity index (χ1) is 18.3. The zero-order chi connectivity index (χ0) is 28.8. The summed E-state index contributed by atoms with van der Waals surface area (Å²) in [7, 11) is 0. The Bertz CT molecular complexity index is 1290. The van der Waals surface area contributed by atoms with Gasteiger partial charge in [-0.3, -0.25) is 4.79 Å². The number of carbonyl (C=O) groups is 1. The second-order valence-electron chi connectivity index (χ2n) is 11.9. The van der Waals surface area contributed by atoms with Crippen molar-refractivity contribution in [3.63, 3.8) is 0 Å². The number of thiocarbonyl (C=S) groups is 1. The molecule has 1 atom stereocenters. The van der Waals surface area contributed by atoms with Crippen LogP contribution in [0.5, 0.6) is 5.75 Å². The number of ether oxygens (including phenoxy) is 1. The number of benzene rings is 3. The lowest BCUT2D eigenvalue weighted by Gasteiger charge is -2.28. The highest BCUT2D eigenvalue weighted by Crippen LogP contribution is 2.36. The molecular weight excluding hydrogens is 502 g/mol. The van der Waals surface area contributed by atoms with Gasteiger partial charge >= 0.3 is 0 Å². The van der Waals surface area contributed by atoms with Crippen LogP contribution in [0.1, 0.15) is 72.9 Å². The summed E-state index contributed by atoms with van der Waals surface area (Å²) < 4.78 is 6.34. The number of rotatable bonds is 8. The summed E-state index contributed by atoms with van der Waals surface area (Å²) in [5, 5.41) is 9.93. The number of hydrogen-bond donors (Lipinski definition) is 3. The summed E-state index contributed by atoms with van der Waals surface area (Å²) >= 11 is 5.30. The highest BCUT2D eigenvalue weighted by molar-refractivity contribution is 7.80. The van der Waals surface area contributed by atoms with Crippen LogP contribution in [0.4, 0.5) is 11.4 Å². The molecule has 0 bridgehead atoms. The molecule has 5 nitrogen and oxygen atoms in total. The second kappa shape index (κ2) is 12.6. The van der Waals surface area contributed by atoms with Gasteiger partial charge in [-0.05, 0) is 89.0 Å². The number of hydrogen-bond acceptors (Lipinski definition) is 3. The van der Waals surface area contributed by atoms with E-state index in [1.165, 1.54) is 5.56 Å². The summed E-state index contributed by atoms with van der Waals surface area (Å²) in [6, 6.07) is 22.3. The van der Waals surface area contributed by atoms with Crippen LogP contribution in [0.2, 0.25) is 0 Å². The molecule has 0 spiro atoms. The second-order valence-corrected chi connectivity index (χ2v) is 12.3. The molecule has 0 aromatic heterocycles. The maximum atomic E-state index is 13.2. The van der Waals surface area contributed by atoms with Gasteiger partial charge in [-0.15, -0.1) is 0 Å². The molecule has 0 aliphatic carbocycles. The third-order valence-electron chi connectivity index (χ3n) is 6.53. The Morgan fingerprint density at radius 1 is 0.821 bits per heavy atom. The standard InChI is InChI=1S/C33H43N3O2S/c1-9-28(38-29-19-16-24(32(3,4)5)21-27(29)33(6,7)8)30(37)35-25-17-14-22(15-18-25)23-12-11-13-26(20-23)36-31(39)34-10-2/h11-21,28H,9-10H2,1-8H3,(H,35,37)(H2,34,36,39). The first-order valence-electron chi connectivity index (χ1n) is 13.7. The van der Waals surface area contributed by atoms with Crippen LogP contribution in [0.3, 0.4) is 0 Å². The minimum Gasteiger partial charge on any atom is -0.480 e. The Morgan fingerprint density at radius 3 is 2.10 bits per heavy atom. The molecule has 0 aliphatic heterocycles. The van der Waals surface area contributed by atoms with E-state index >= 15 is 0 Å². The van der Waals surface area contributed by atoms with Gasteiger partial charge in [0, 0.05) is 17.9 Å². The van der Waals surface area contributed by atoms with Gasteiger partial charge in [0.15, 0.2) is 11.2 Å². The van der Waals surface area contributed by atoms with Gasteiger partial charge in [0.2, 0.25) is 0 Å². The summed E-state index contributed by atoms with van der Waals surface area (Å²) in [4.78, 5) is 13.2. The minimum atomic E-state index is -0.602. The fourth-order valence-corrected chi connectivity index (χ4v) is 4.50. The number of amides is 1. The first kappa shape index (κ1) is 30.2. The van der Waals surface area contributed by atoms with Crippen molar-refractivity contribution < 1.29 is 9.53 Å². The van der Waals surface area contributed by atoms with E-state index in [2.05, 4.69) is 75.7 Å². The zero-order valence-corrected chi connectivity index (χ0v) is 25.4. The van der Waals surface area contributed by atoms with Crippen LogP contribution in [-0.2, 0) is 15.6 Å². The Balaban J connectivity index is 1.73. The molecule has 0 fully saturated rings. The van der Waals surface area contributed by atoms with E-state index < -0.39 is 6.10 Å². The first-order valence-corrected chi connectivity index (χ1v) is 14.1. The van der Waals surface area contributed by atoms with Crippen LogP contribution < -0.4 is 20.7 Å². The molecule has 6 heteroatoms. The predicted octanol–water partition coefficient (Wildman–Crippen LogP) is 8.05. The average Bonchev–Trinajstić information content (AvgIpc) is 2.86. The molecule has 0 saturated heterocycles. The van der Waals surface area contributed by atoms with Crippen LogP contribution in [0.15, 0.2) is 66.7 Å². The van der Waals surface area contributed by atoms with Gasteiger partial charge in [-0.25, -0.2) is 0 Å². The van der Waals surface area contributed by atoms with Gasteiger partial charge in [0.1, 0.15) is 5.75 Å². The van der Waals surface area contributed by atoms with E-state index in [9.17, 15) is 4.79 Å². The topological polar surface area (TPSA) is 62.4 Å². The van der Waals surface area contributed by atoms with E-state index in [4.69, 9.17) is 17.0 Å². The third-order valence-corrected chi connectivity index (χ3v) is 6.78. The average molecular weight is 546 g/mol. The van der Waals surface area contributed by atoms with E-state index in [0.717, 1.165) is 40.4 Å². The van der Waals surface area contributed by atoms with Crippen LogP contribution in [0, 0.1) is 0 Å². The number of anilines is 2. The lowest BCUT2D eigenvalue weighted by molar-refractivity contribution is -0.122. The number of carbonyl (C=O) groups excluding carboxylic acids is 1.